The highest BCUT2D eigenvalue weighted by atomic mass is 16.5. The molecule has 0 aliphatic carbocycles. The third kappa shape index (κ3) is 4.80. The van der Waals surface area contributed by atoms with Crippen molar-refractivity contribution in [3.05, 3.63) is 42.0 Å². The number of hydrogen-bond donors (Lipinski definition) is 0. The van der Waals surface area contributed by atoms with Crippen molar-refractivity contribution in [3.63, 3.8) is 0 Å². The van der Waals surface area contributed by atoms with Crippen molar-refractivity contribution in [3.8, 4) is 0 Å². The second-order valence-corrected chi connectivity index (χ2v) is 3.68. The molecule has 0 N–H and O–H groups in total. The lowest BCUT2D eigenvalue weighted by Gasteiger charge is -2.02. The summed E-state index contributed by atoms with van der Waals surface area (Å²) in [5.41, 5.74) is 2.56. The van der Waals surface area contributed by atoms with Crippen molar-refractivity contribution in [2.45, 2.75) is 26.7 Å². The molecule has 0 unspecified atom stereocenters. The number of benzene rings is 1. The minimum Gasteiger partial charge on any atom is -0.377 e. The summed E-state index contributed by atoms with van der Waals surface area (Å²) in [6.07, 6.45) is 4.49. The standard InChI is InChI=1S/C14H20O/c1-3-4-11-15-12-10-13(2)14-8-6-5-7-9-14/h5-10H,3-4,11-12H2,1-2H3/b13-10+. The Balaban J connectivity index is 2.33. The van der Waals surface area contributed by atoms with Gasteiger partial charge in [0.15, 0.2) is 0 Å². The van der Waals surface area contributed by atoms with Gasteiger partial charge in [-0.15, -0.1) is 0 Å². The van der Waals surface area contributed by atoms with Crippen LogP contribution in [0.15, 0.2) is 36.4 Å². The van der Waals surface area contributed by atoms with E-state index in [9.17, 15) is 0 Å². The Morgan fingerprint density at radius 1 is 1.27 bits per heavy atom. The van der Waals surface area contributed by atoms with Crippen LogP contribution in [0.5, 0.6) is 0 Å². The summed E-state index contributed by atoms with van der Waals surface area (Å²) in [5, 5.41) is 0. The molecule has 0 amide bonds. The molecule has 0 atom stereocenters. The molecule has 0 radical (unpaired) electrons. The summed E-state index contributed by atoms with van der Waals surface area (Å²) in [4.78, 5) is 0. The SMILES string of the molecule is CCCCOC/C=C(\C)c1ccccc1. The third-order valence-electron chi connectivity index (χ3n) is 2.38. The highest BCUT2D eigenvalue weighted by Gasteiger charge is 1.92. The first kappa shape index (κ1) is 12.0. The van der Waals surface area contributed by atoms with E-state index in [0.717, 1.165) is 19.6 Å². The van der Waals surface area contributed by atoms with E-state index in [-0.39, 0.29) is 0 Å². The Kier molecular flexibility index (Phi) is 5.79. The molecule has 0 heterocycles. The first-order chi connectivity index (χ1) is 7.34. The Morgan fingerprint density at radius 2 is 2.00 bits per heavy atom. The number of hydrogen-bond acceptors (Lipinski definition) is 1. The maximum Gasteiger partial charge on any atom is 0.0653 e. The van der Waals surface area contributed by atoms with Crippen LogP contribution in [-0.2, 0) is 4.74 Å². The van der Waals surface area contributed by atoms with Gasteiger partial charge in [-0.3, -0.25) is 0 Å². The maximum absolute atomic E-state index is 5.49. The van der Waals surface area contributed by atoms with Crippen LogP contribution >= 0.6 is 0 Å². The van der Waals surface area contributed by atoms with Crippen LogP contribution < -0.4 is 0 Å². The van der Waals surface area contributed by atoms with Gasteiger partial charge in [-0.05, 0) is 24.5 Å². The normalized spacial score (nSPS) is 11.7. The van der Waals surface area contributed by atoms with E-state index in [2.05, 4.69) is 44.2 Å². The highest BCUT2D eigenvalue weighted by Crippen LogP contribution is 2.12. The van der Waals surface area contributed by atoms with Crippen molar-refractivity contribution in [1.82, 2.24) is 0 Å². The minimum absolute atomic E-state index is 0.723. The molecule has 1 nitrogen and oxygen atoms in total. The maximum atomic E-state index is 5.49. The number of allylic oxidation sites excluding steroid dienone is 1. The molecule has 0 aliphatic heterocycles. The van der Waals surface area contributed by atoms with Crippen LogP contribution in [0.3, 0.4) is 0 Å². The molecular weight excluding hydrogens is 184 g/mol. The van der Waals surface area contributed by atoms with Crippen LogP contribution in [-0.4, -0.2) is 13.2 Å². The summed E-state index contributed by atoms with van der Waals surface area (Å²) in [6, 6.07) is 10.4. The van der Waals surface area contributed by atoms with Gasteiger partial charge < -0.3 is 4.74 Å². The molecular formula is C14H20O. The Hall–Kier alpha value is -1.08. The first-order valence-corrected chi connectivity index (χ1v) is 5.64. The number of unbranched alkanes of at least 4 members (excludes halogenated alkanes) is 1. The molecule has 0 saturated heterocycles. The third-order valence-corrected chi connectivity index (χ3v) is 2.38. The summed E-state index contributed by atoms with van der Waals surface area (Å²) in [6.45, 7) is 5.89. The molecule has 15 heavy (non-hydrogen) atoms. The molecule has 1 rings (SSSR count). The molecule has 0 saturated carbocycles. The van der Waals surface area contributed by atoms with Gasteiger partial charge in [-0.1, -0.05) is 49.8 Å². The molecule has 1 aromatic carbocycles. The second-order valence-electron chi connectivity index (χ2n) is 3.68. The van der Waals surface area contributed by atoms with Crippen LogP contribution in [0.1, 0.15) is 32.3 Å². The molecule has 0 aliphatic rings. The molecule has 0 aromatic heterocycles. The number of ether oxygens (including phenoxy) is 1. The van der Waals surface area contributed by atoms with Crippen molar-refractivity contribution >= 4 is 5.57 Å². The zero-order chi connectivity index (χ0) is 10.9. The van der Waals surface area contributed by atoms with E-state index in [0.29, 0.717) is 0 Å². The van der Waals surface area contributed by atoms with Crippen molar-refractivity contribution in [2.75, 3.05) is 13.2 Å². The van der Waals surface area contributed by atoms with Crippen LogP contribution in [0, 0.1) is 0 Å². The van der Waals surface area contributed by atoms with Gasteiger partial charge in [0, 0.05) is 6.61 Å². The lowest BCUT2D eigenvalue weighted by molar-refractivity contribution is 0.159. The van der Waals surface area contributed by atoms with Crippen molar-refractivity contribution in [1.29, 1.82) is 0 Å². The van der Waals surface area contributed by atoms with E-state index in [1.807, 2.05) is 6.07 Å². The fourth-order valence-corrected chi connectivity index (χ4v) is 1.33. The van der Waals surface area contributed by atoms with E-state index in [4.69, 9.17) is 4.74 Å². The zero-order valence-electron chi connectivity index (χ0n) is 9.70. The zero-order valence-corrected chi connectivity index (χ0v) is 9.70. The minimum atomic E-state index is 0.723. The molecule has 1 heteroatoms. The van der Waals surface area contributed by atoms with Gasteiger partial charge >= 0.3 is 0 Å². The predicted molar refractivity (Wildman–Crippen MR) is 65.8 cm³/mol. The fourth-order valence-electron chi connectivity index (χ4n) is 1.33. The smallest absolute Gasteiger partial charge is 0.0653 e. The lowest BCUT2D eigenvalue weighted by atomic mass is 10.1. The Labute approximate surface area is 92.8 Å². The average molecular weight is 204 g/mol. The monoisotopic (exact) mass is 204 g/mol. The van der Waals surface area contributed by atoms with Gasteiger partial charge in [0.1, 0.15) is 0 Å². The second kappa shape index (κ2) is 7.24. The van der Waals surface area contributed by atoms with E-state index >= 15 is 0 Å². The van der Waals surface area contributed by atoms with Gasteiger partial charge in [0.25, 0.3) is 0 Å². The lowest BCUT2D eigenvalue weighted by Crippen LogP contribution is -1.94. The van der Waals surface area contributed by atoms with Crippen LogP contribution in [0.2, 0.25) is 0 Å². The van der Waals surface area contributed by atoms with Crippen LogP contribution in [0.25, 0.3) is 5.57 Å². The molecule has 0 fully saturated rings. The van der Waals surface area contributed by atoms with Crippen molar-refractivity contribution in [2.24, 2.45) is 0 Å². The van der Waals surface area contributed by atoms with Crippen molar-refractivity contribution < 1.29 is 4.74 Å². The van der Waals surface area contributed by atoms with Crippen LogP contribution in [0.4, 0.5) is 0 Å². The number of rotatable bonds is 6. The largest absolute Gasteiger partial charge is 0.377 e. The van der Waals surface area contributed by atoms with Gasteiger partial charge in [0.05, 0.1) is 6.61 Å². The molecule has 1 aromatic rings. The summed E-state index contributed by atoms with van der Waals surface area (Å²) in [7, 11) is 0. The van der Waals surface area contributed by atoms with Gasteiger partial charge in [-0.25, -0.2) is 0 Å². The molecule has 0 bridgehead atoms. The summed E-state index contributed by atoms with van der Waals surface area (Å²) in [5.74, 6) is 0. The fraction of sp³-hybridized carbons (Fsp3) is 0.429. The predicted octanol–water partition coefficient (Wildman–Crippen LogP) is 3.91. The topological polar surface area (TPSA) is 9.23 Å². The van der Waals surface area contributed by atoms with Gasteiger partial charge in [-0.2, -0.15) is 0 Å². The average Bonchev–Trinajstić information content (AvgIpc) is 2.30. The van der Waals surface area contributed by atoms with E-state index < -0.39 is 0 Å². The highest BCUT2D eigenvalue weighted by molar-refractivity contribution is 5.63. The quantitative estimate of drug-likeness (QED) is 0.638. The Bertz CT molecular complexity index is 287. The molecule has 0 spiro atoms. The summed E-state index contributed by atoms with van der Waals surface area (Å²) < 4.78 is 5.49. The summed E-state index contributed by atoms with van der Waals surface area (Å²) >= 11 is 0. The Morgan fingerprint density at radius 3 is 2.67 bits per heavy atom. The first-order valence-electron chi connectivity index (χ1n) is 5.64. The molecule has 82 valence electrons. The van der Waals surface area contributed by atoms with E-state index in [1.165, 1.54) is 17.6 Å². The van der Waals surface area contributed by atoms with Gasteiger partial charge in [0.2, 0.25) is 0 Å². The van der Waals surface area contributed by atoms with E-state index in [1.54, 1.807) is 0 Å².